The Bertz CT molecular complexity index is 903. The highest BCUT2D eigenvalue weighted by Gasteiger charge is 2.25. The van der Waals surface area contributed by atoms with Gasteiger partial charge in [-0.3, -0.25) is 14.4 Å². The van der Waals surface area contributed by atoms with E-state index in [1.165, 1.54) is 4.90 Å². The van der Waals surface area contributed by atoms with Crippen LogP contribution in [-0.4, -0.2) is 59.2 Å². The number of hydrogen-bond donors (Lipinski definition) is 2. The van der Waals surface area contributed by atoms with Gasteiger partial charge in [-0.05, 0) is 62.1 Å². The Morgan fingerprint density at radius 2 is 1.87 bits per heavy atom. The van der Waals surface area contributed by atoms with E-state index in [-0.39, 0.29) is 24.3 Å². The minimum atomic E-state index is -0.708. The Morgan fingerprint density at radius 3 is 2.53 bits per heavy atom. The van der Waals surface area contributed by atoms with E-state index < -0.39 is 6.04 Å². The van der Waals surface area contributed by atoms with Crippen LogP contribution >= 0.6 is 11.8 Å². The van der Waals surface area contributed by atoms with E-state index in [4.69, 9.17) is 0 Å². The normalized spacial score (nSPS) is 11.5. The molecule has 160 valence electrons. The number of amides is 3. The van der Waals surface area contributed by atoms with Gasteiger partial charge >= 0.3 is 0 Å². The summed E-state index contributed by atoms with van der Waals surface area (Å²) in [6.07, 6.45) is 4.03. The first-order chi connectivity index (χ1) is 14.3. The van der Waals surface area contributed by atoms with Crippen molar-refractivity contribution in [3.8, 4) is 0 Å². The Morgan fingerprint density at radius 1 is 1.13 bits per heavy atom. The number of hydrogen-bond acceptors (Lipinski definition) is 5. The third-order valence-electron chi connectivity index (χ3n) is 4.43. The number of thioether (sulfide) groups is 1. The molecule has 0 saturated carbocycles. The lowest BCUT2D eigenvalue weighted by Gasteiger charge is -2.24. The van der Waals surface area contributed by atoms with Crippen molar-refractivity contribution in [2.45, 2.75) is 26.3 Å². The topological polar surface area (TPSA) is 91.4 Å². The van der Waals surface area contributed by atoms with Gasteiger partial charge in [0.15, 0.2) is 0 Å². The molecular weight excluding hydrogens is 400 g/mol. The fraction of sp³-hybridized carbons (Fsp3) is 0.364. The second-order valence-corrected chi connectivity index (χ2v) is 8.12. The summed E-state index contributed by atoms with van der Waals surface area (Å²) in [5.41, 5.74) is 2.44. The van der Waals surface area contributed by atoms with E-state index in [0.29, 0.717) is 23.6 Å². The molecule has 3 amide bonds. The molecule has 8 heteroatoms. The van der Waals surface area contributed by atoms with Crippen molar-refractivity contribution in [2.24, 2.45) is 0 Å². The van der Waals surface area contributed by atoms with E-state index in [1.54, 1.807) is 49.3 Å². The lowest BCUT2D eigenvalue weighted by molar-refractivity contribution is -0.135. The number of rotatable bonds is 9. The summed E-state index contributed by atoms with van der Waals surface area (Å²) in [5, 5.41) is 5.51. The highest BCUT2D eigenvalue weighted by molar-refractivity contribution is 7.98. The van der Waals surface area contributed by atoms with Crippen molar-refractivity contribution in [3.63, 3.8) is 0 Å². The molecule has 1 aromatic carbocycles. The summed E-state index contributed by atoms with van der Waals surface area (Å²) in [6, 6.07) is 10.1. The number of likely N-dealkylation sites (N-methyl/N-ethyl adjacent to an activating group) is 1. The molecule has 0 aliphatic heterocycles. The fourth-order valence-electron chi connectivity index (χ4n) is 2.87. The molecule has 2 rings (SSSR count). The predicted molar refractivity (Wildman–Crippen MR) is 121 cm³/mol. The van der Waals surface area contributed by atoms with Gasteiger partial charge in [0.05, 0.1) is 6.54 Å². The van der Waals surface area contributed by atoms with Gasteiger partial charge in [0.2, 0.25) is 11.8 Å². The Hall–Kier alpha value is -2.87. The molecule has 1 unspecified atom stereocenters. The monoisotopic (exact) mass is 428 g/mol. The van der Waals surface area contributed by atoms with Gasteiger partial charge in [-0.1, -0.05) is 17.7 Å². The molecule has 0 saturated heterocycles. The molecule has 7 nitrogen and oxygen atoms in total. The van der Waals surface area contributed by atoms with Crippen LogP contribution in [-0.2, 0) is 9.59 Å². The van der Waals surface area contributed by atoms with Gasteiger partial charge < -0.3 is 15.5 Å². The number of pyridine rings is 1. The number of nitrogens with one attached hydrogen (secondary N) is 2. The van der Waals surface area contributed by atoms with Crippen LogP contribution in [0.5, 0.6) is 0 Å². The smallest absolute Gasteiger partial charge is 0.251 e. The lowest BCUT2D eigenvalue weighted by Crippen LogP contribution is -2.49. The number of carbonyl (C=O) groups excluding carboxylic acids is 3. The zero-order valence-corrected chi connectivity index (χ0v) is 18.6. The quantitative estimate of drug-likeness (QED) is 0.641. The third kappa shape index (κ3) is 7.18. The summed E-state index contributed by atoms with van der Waals surface area (Å²) in [4.78, 5) is 43.3. The second kappa shape index (κ2) is 11.3. The number of carbonyl (C=O) groups is 3. The van der Waals surface area contributed by atoms with Crippen LogP contribution in [0.25, 0.3) is 0 Å². The van der Waals surface area contributed by atoms with Crippen LogP contribution in [0.3, 0.4) is 0 Å². The molecule has 0 radical (unpaired) electrons. The van der Waals surface area contributed by atoms with Crippen molar-refractivity contribution in [1.29, 1.82) is 0 Å². The first kappa shape index (κ1) is 23.4. The molecule has 0 fully saturated rings. The maximum absolute atomic E-state index is 12.9. The minimum Gasteiger partial charge on any atom is -0.340 e. The highest BCUT2D eigenvalue weighted by Crippen LogP contribution is 2.09. The molecule has 1 heterocycles. The zero-order valence-electron chi connectivity index (χ0n) is 17.8. The van der Waals surface area contributed by atoms with Crippen molar-refractivity contribution in [3.05, 3.63) is 59.3 Å². The summed E-state index contributed by atoms with van der Waals surface area (Å²) < 4.78 is 0. The number of aromatic nitrogens is 1. The lowest BCUT2D eigenvalue weighted by atomic mass is 10.1. The van der Waals surface area contributed by atoms with Gasteiger partial charge in [-0.15, -0.1) is 0 Å². The Balaban J connectivity index is 2.01. The van der Waals surface area contributed by atoms with E-state index in [1.807, 2.05) is 32.2 Å². The molecule has 1 aromatic heterocycles. The van der Waals surface area contributed by atoms with E-state index >= 15 is 0 Å². The molecule has 0 aliphatic rings. The molecular formula is C22H28N4O3S. The average Bonchev–Trinajstić information content (AvgIpc) is 2.70. The van der Waals surface area contributed by atoms with Crippen LogP contribution in [0, 0.1) is 13.8 Å². The minimum absolute atomic E-state index is 0.134. The molecule has 2 aromatic rings. The van der Waals surface area contributed by atoms with E-state index in [9.17, 15) is 14.4 Å². The molecule has 0 bridgehead atoms. The standard InChI is InChI=1S/C22H28N4O3S/c1-15-6-5-7-17(12-15)21(28)24-18(9-11-30-4)22(29)26(3)14-20(27)25-19-13-16(2)8-10-23-19/h5-8,10,12-13,18H,9,11,14H2,1-4H3,(H,24,28)(H,23,25,27). The summed E-state index contributed by atoms with van der Waals surface area (Å²) in [6.45, 7) is 3.67. The van der Waals surface area contributed by atoms with Gasteiger partial charge in [0, 0.05) is 18.8 Å². The average molecular weight is 429 g/mol. The SMILES string of the molecule is CSCCC(NC(=O)c1cccc(C)c1)C(=O)N(C)CC(=O)Nc1cc(C)ccn1. The molecule has 0 aliphatic carbocycles. The van der Waals surface area contributed by atoms with Crippen molar-refractivity contribution >= 4 is 35.3 Å². The van der Waals surface area contributed by atoms with Crippen molar-refractivity contribution in [2.75, 3.05) is 30.9 Å². The third-order valence-corrected chi connectivity index (χ3v) is 5.08. The molecule has 30 heavy (non-hydrogen) atoms. The van der Waals surface area contributed by atoms with Gasteiger partial charge in [0.1, 0.15) is 11.9 Å². The van der Waals surface area contributed by atoms with Gasteiger partial charge in [-0.2, -0.15) is 11.8 Å². The zero-order chi connectivity index (χ0) is 22.1. The van der Waals surface area contributed by atoms with E-state index in [0.717, 1.165) is 11.1 Å². The predicted octanol–water partition coefficient (Wildman–Crippen LogP) is 2.65. The summed E-state index contributed by atoms with van der Waals surface area (Å²) >= 11 is 1.59. The van der Waals surface area contributed by atoms with Crippen LogP contribution in [0.1, 0.15) is 27.9 Å². The van der Waals surface area contributed by atoms with Crippen LogP contribution in [0.2, 0.25) is 0 Å². The van der Waals surface area contributed by atoms with Crippen molar-refractivity contribution < 1.29 is 14.4 Å². The van der Waals surface area contributed by atoms with E-state index in [2.05, 4.69) is 15.6 Å². The number of anilines is 1. The number of aryl methyl sites for hydroxylation is 2. The first-order valence-electron chi connectivity index (χ1n) is 9.64. The highest BCUT2D eigenvalue weighted by atomic mass is 32.2. The summed E-state index contributed by atoms with van der Waals surface area (Å²) in [7, 11) is 1.55. The van der Waals surface area contributed by atoms with Crippen LogP contribution in [0.4, 0.5) is 5.82 Å². The van der Waals surface area contributed by atoms with Crippen LogP contribution in [0.15, 0.2) is 42.6 Å². The van der Waals surface area contributed by atoms with Crippen molar-refractivity contribution in [1.82, 2.24) is 15.2 Å². The molecule has 2 N–H and O–H groups in total. The number of benzene rings is 1. The Labute approximate surface area is 181 Å². The Kier molecular flexibility index (Phi) is 8.86. The van der Waals surface area contributed by atoms with Crippen LogP contribution < -0.4 is 10.6 Å². The molecule has 0 spiro atoms. The maximum Gasteiger partial charge on any atom is 0.251 e. The van der Waals surface area contributed by atoms with Gasteiger partial charge in [0.25, 0.3) is 5.91 Å². The largest absolute Gasteiger partial charge is 0.340 e. The molecule has 1 atom stereocenters. The number of nitrogens with zero attached hydrogens (tertiary/aromatic N) is 2. The fourth-order valence-corrected chi connectivity index (χ4v) is 3.34. The maximum atomic E-state index is 12.9. The summed E-state index contributed by atoms with van der Waals surface area (Å²) in [5.74, 6) is 0.181. The first-order valence-corrected chi connectivity index (χ1v) is 11.0. The van der Waals surface area contributed by atoms with Gasteiger partial charge in [-0.25, -0.2) is 4.98 Å². The second-order valence-electron chi connectivity index (χ2n) is 7.14.